The van der Waals surface area contributed by atoms with E-state index in [1.165, 1.54) is 5.56 Å². The highest BCUT2D eigenvalue weighted by atomic mass is 16.5. The number of anilines is 2. The predicted molar refractivity (Wildman–Crippen MR) is 104 cm³/mol. The molecule has 0 bridgehead atoms. The van der Waals surface area contributed by atoms with Crippen molar-refractivity contribution in [1.29, 1.82) is 0 Å². The molecular weight excluding hydrogens is 344 g/mol. The molecule has 2 aromatic rings. The Hall–Kier alpha value is -3.02. The van der Waals surface area contributed by atoms with Gasteiger partial charge in [-0.3, -0.25) is 9.59 Å². The highest BCUT2D eigenvalue weighted by Gasteiger charge is 2.35. The molecule has 1 heterocycles. The summed E-state index contributed by atoms with van der Waals surface area (Å²) in [5.74, 6) is 0.545. The monoisotopic (exact) mass is 368 g/mol. The number of nitrogens with one attached hydrogen (secondary N) is 1. The van der Waals surface area contributed by atoms with Gasteiger partial charge in [-0.2, -0.15) is 0 Å². The Morgan fingerprint density at radius 1 is 1.11 bits per heavy atom. The van der Waals surface area contributed by atoms with E-state index < -0.39 is 5.92 Å². The predicted octanol–water partition coefficient (Wildman–Crippen LogP) is 3.26. The zero-order valence-electron chi connectivity index (χ0n) is 15.8. The molecular formula is C21H24N2O4. The number of carbonyl (C=O) groups is 2. The Labute approximate surface area is 159 Å². The topological polar surface area (TPSA) is 67.9 Å². The maximum atomic E-state index is 12.7. The number of hydrogen-bond donors (Lipinski definition) is 1. The third kappa shape index (κ3) is 4.22. The van der Waals surface area contributed by atoms with Crippen LogP contribution in [0.5, 0.6) is 11.5 Å². The third-order valence-electron chi connectivity index (χ3n) is 4.77. The molecule has 0 aliphatic carbocycles. The Kier molecular flexibility index (Phi) is 5.64. The minimum absolute atomic E-state index is 0.0392. The minimum atomic E-state index is -0.402. The summed E-state index contributed by atoms with van der Waals surface area (Å²) >= 11 is 0. The van der Waals surface area contributed by atoms with Crippen LogP contribution in [0.1, 0.15) is 18.9 Å². The largest absolute Gasteiger partial charge is 0.497 e. The molecule has 2 aromatic carbocycles. The number of amides is 2. The van der Waals surface area contributed by atoms with E-state index in [-0.39, 0.29) is 18.2 Å². The smallest absolute Gasteiger partial charge is 0.229 e. The van der Waals surface area contributed by atoms with E-state index in [9.17, 15) is 9.59 Å². The summed E-state index contributed by atoms with van der Waals surface area (Å²) in [5.41, 5.74) is 2.62. The molecule has 0 unspecified atom stereocenters. The van der Waals surface area contributed by atoms with Crippen LogP contribution in [0.3, 0.4) is 0 Å². The lowest BCUT2D eigenvalue weighted by Gasteiger charge is -2.17. The Morgan fingerprint density at radius 3 is 2.30 bits per heavy atom. The standard InChI is InChI=1S/C21H24N2O4/c1-4-14-5-7-17(8-6-14)23-13-15(9-20(23)24)21(25)22-16-10-18(26-2)12-19(11-16)27-3/h5-8,10-12,15H,4,9,13H2,1-3H3,(H,22,25)/t15-/m0/s1. The van der Waals surface area contributed by atoms with Crippen molar-refractivity contribution in [2.45, 2.75) is 19.8 Å². The number of carbonyl (C=O) groups excluding carboxylic acids is 2. The van der Waals surface area contributed by atoms with Crippen LogP contribution in [0.25, 0.3) is 0 Å². The first-order valence-electron chi connectivity index (χ1n) is 8.97. The van der Waals surface area contributed by atoms with E-state index in [1.807, 2.05) is 24.3 Å². The van der Waals surface area contributed by atoms with Crippen molar-refractivity contribution in [2.24, 2.45) is 5.92 Å². The number of aryl methyl sites for hydroxylation is 1. The second-order valence-corrected chi connectivity index (χ2v) is 6.52. The van der Waals surface area contributed by atoms with Crippen LogP contribution >= 0.6 is 0 Å². The number of rotatable bonds is 6. The zero-order valence-corrected chi connectivity index (χ0v) is 15.8. The third-order valence-corrected chi connectivity index (χ3v) is 4.77. The highest BCUT2D eigenvalue weighted by Crippen LogP contribution is 2.29. The number of methoxy groups -OCH3 is 2. The van der Waals surface area contributed by atoms with Gasteiger partial charge in [-0.25, -0.2) is 0 Å². The van der Waals surface area contributed by atoms with Crippen LogP contribution in [0.15, 0.2) is 42.5 Å². The van der Waals surface area contributed by atoms with Crippen molar-refractivity contribution in [3.63, 3.8) is 0 Å². The number of hydrogen-bond acceptors (Lipinski definition) is 4. The lowest BCUT2D eigenvalue weighted by molar-refractivity contribution is -0.122. The van der Waals surface area contributed by atoms with Crippen molar-refractivity contribution >= 4 is 23.2 Å². The summed E-state index contributed by atoms with van der Waals surface area (Å²) in [6.07, 6.45) is 1.14. The molecule has 1 fully saturated rings. The van der Waals surface area contributed by atoms with Crippen LogP contribution < -0.4 is 19.7 Å². The summed E-state index contributed by atoms with van der Waals surface area (Å²) in [6.45, 7) is 2.46. The van der Waals surface area contributed by atoms with Gasteiger partial charge in [0.25, 0.3) is 0 Å². The Morgan fingerprint density at radius 2 is 1.74 bits per heavy atom. The van der Waals surface area contributed by atoms with E-state index in [2.05, 4.69) is 12.2 Å². The molecule has 1 atom stereocenters. The van der Waals surface area contributed by atoms with Gasteiger partial charge in [0.15, 0.2) is 0 Å². The average molecular weight is 368 g/mol. The molecule has 142 valence electrons. The molecule has 1 N–H and O–H groups in total. The first-order valence-corrected chi connectivity index (χ1v) is 8.97. The minimum Gasteiger partial charge on any atom is -0.497 e. The summed E-state index contributed by atoms with van der Waals surface area (Å²) in [7, 11) is 3.11. The molecule has 2 amide bonds. The van der Waals surface area contributed by atoms with Crippen molar-refractivity contribution < 1.29 is 19.1 Å². The van der Waals surface area contributed by atoms with Gasteiger partial charge in [0, 0.05) is 42.5 Å². The lowest BCUT2D eigenvalue weighted by Crippen LogP contribution is -2.28. The Bertz CT molecular complexity index is 810. The maximum absolute atomic E-state index is 12.7. The first-order chi connectivity index (χ1) is 13.0. The SMILES string of the molecule is CCc1ccc(N2C[C@@H](C(=O)Nc3cc(OC)cc(OC)c3)CC2=O)cc1. The van der Waals surface area contributed by atoms with Crippen LogP contribution in [0.2, 0.25) is 0 Å². The molecule has 0 aromatic heterocycles. The second kappa shape index (κ2) is 8.12. The molecule has 6 nitrogen and oxygen atoms in total. The van der Waals surface area contributed by atoms with E-state index in [0.29, 0.717) is 23.7 Å². The van der Waals surface area contributed by atoms with Gasteiger partial charge in [0.2, 0.25) is 11.8 Å². The quantitative estimate of drug-likeness (QED) is 0.850. The fourth-order valence-corrected chi connectivity index (χ4v) is 3.17. The van der Waals surface area contributed by atoms with E-state index in [0.717, 1.165) is 12.1 Å². The fraction of sp³-hybridized carbons (Fsp3) is 0.333. The van der Waals surface area contributed by atoms with Gasteiger partial charge in [-0.1, -0.05) is 19.1 Å². The summed E-state index contributed by atoms with van der Waals surface area (Å²) in [4.78, 5) is 26.7. The van der Waals surface area contributed by atoms with E-state index in [4.69, 9.17) is 9.47 Å². The van der Waals surface area contributed by atoms with Crippen molar-refractivity contribution in [3.8, 4) is 11.5 Å². The van der Waals surface area contributed by atoms with Gasteiger partial charge in [-0.15, -0.1) is 0 Å². The van der Waals surface area contributed by atoms with Crippen molar-refractivity contribution in [1.82, 2.24) is 0 Å². The molecule has 6 heteroatoms. The van der Waals surface area contributed by atoms with Crippen molar-refractivity contribution in [2.75, 3.05) is 31.0 Å². The van der Waals surface area contributed by atoms with E-state index in [1.54, 1.807) is 37.3 Å². The first kappa shape index (κ1) is 18.8. The number of benzene rings is 2. The van der Waals surface area contributed by atoms with Gasteiger partial charge in [0.1, 0.15) is 11.5 Å². The maximum Gasteiger partial charge on any atom is 0.229 e. The molecule has 0 radical (unpaired) electrons. The van der Waals surface area contributed by atoms with Crippen LogP contribution in [-0.2, 0) is 16.0 Å². The average Bonchev–Trinajstić information content (AvgIpc) is 3.09. The highest BCUT2D eigenvalue weighted by molar-refractivity contribution is 6.03. The Balaban J connectivity index is 1.70. The van der Waals surface area contributed by atoms with Gasteiger partial charge in [-0.05, 0) is 24.1 Å². The molecule has 27 heavy (non-hydrogen) atoms. The number of nitrogens with zero attached hydrogens (tertiary/aromatic N) is 1. The molecule has 3 rings (SSSR count). The van der Waals surface area contributed by atoms with Gasteiger partial charge in [0.05, 0.1) is 20.1 Å². The van der Waals surface area contributed by atoms with E-state index >= 15 is 0 Å². The van der Waals surface area contributed by atoms with Crippen LogP contribution in [0, 0.1) is 5.92 Å². The molecule has 0 spiro atoms. The summed E-state index contributed by atoms with van der Waals surface area (Å²) in [5, 5.41) is 2.87. The van der Waals surface area contributed by atoms with Gasteiger partial charge < -0.3 is 19.7 Å². The second-order valence-electron chi connectivity index (χ2n) is 6.52. The van der Waals surface area contributed by atoms with Crippen LogP contribution in [-0.4, -0.2) is 32.6 Å². The summed E-state index contributed by atoms with van der Waals surface area (Å²) in [6, 6.07) is 13.1. The molecule has 0 saturated carbocycles. The molecule has 1 aliphatic heterocycles. The van der Waals surface area contributed by atoms with Crippen LogP contribution in [0.4, 0.5) is 11.4 Å². The molecule has 1 saturated heterocycles. The lowest BCUT2D eigenvalue weighted by atomic mass is 10.1. The zero-order chi connectivity index (χ0) is 19.4. The number of ether oxygens (including phenoxy) is 2. The fourth-order valence-electron chi connectivity index (χ4n) is 3.17. The summed E-state index contributed by atoms with van der Waals surface area (Å²) < 4.78 is 10.4. The molecule has 1 aliphatic rings. The van der Waals surface area contributed by atoms with Gasteiger partial charge >= 0.3 is 0 Å². The van der Waals surface area contributed by atoms with Crippen molar-refractivity contribution in [3.05, 3.63) is 48.0 Å². The normalized spacial score (nSPS) is 16.3.